The summed E-state index contributed by atoms with van der Waals surface area (Å²) in [6.45, 7) is -6.23. The minimum Gasteiger partial charge on any atom is -0.458 e. The van der Waals surface area contributed by atoms with Crippen LogP contribution >= 0.6 is 0 Å². The van der Waals surface area contributed by atoms with Crippen LogP contribution < -0.4 is 4.31 Å². The van der Waals surface area contributed by atoms with Crippen molar-refractivity contribution in [2.75, 3.05) is 17.6 Å². The maximum absolute atomic E-state index is 13.7. The summed E-state index contributed by atoms with van der Waals surface area (Å²) in [4.78, 5) is 20.2. The highest BCUT2D eigenvalue weighted by Gasteiger charge is 2.26. The second kappa shape index (κ2) is 9.33. The fourth-order valence-electron chi connectivity index (χ4n) is 3.11. The Labute approximate surface area is 195 Å². The van der Waals surface area contributed by atoms with Gasteiger partial charge in [0.15, 0.2) is 0 Å². The summed E-state index contributed by atoms with van der Waals surface area (Å²) < 4.78 is 91.9. The molecule has 2 aromatic rings. The van der Waals surface area contributed by atoms with Gasteiger partial charge in [-0.3, -0.25) is 4.79 Å². The van der Waals surface area contributed by atoms with Gasteiger partial charge in [-0.05, 0) is 36.3 Å². The number of benzene rings is 1. The molecule has 0 amide bonds. The molecule has 32 heavy (non-hydrogen) atoms. The fourth-order valence-corrected chi connectivity index (χ4v) is 3.48. The molecule has 0 radical (unpaired) electrons. The maximum Gasteiger partial charge on any atom is 0.309 e. The number of sulfonamides is 1. The number of nitrogens with zero attached hydrogens (tertiary/aromatic N) is 3. The molecule has 2 atom stereocenters. The minimum absolute atomic E-state index is 0.0290. The largest absolute Gasteiger partial charge is 0.458 e. The second-order valence-corrected chi connectivity index (χ2v) is 9.34. The Morgan fingerprint density at radius 2 is 2.00 bits per heavy atom. The third kappa shape index (κ3) is 5.49. The number of hydrogen-bond donors (Lipinski definition) is 1. The van der Waals surface area contributed by atoms with E-state index in [1.807, 2.05) is 0 Å². The predicted molar refractivity (Wildman–Crippen MR) is 119 cm³/mol. The van der Waals surface area contributed by atoms with Gasteiger partial charge in [-0.25, -0.2) is 27.1 Å². The van der Waals surface area contributed by atoms with E-state index in [0.29, 0.717) is 4.31 Å². The molecule has 172 valence electrons. The van der Waals surface area contributed by atoms with Crippen molar-refractivity contribution in [2.24, 2.45) is 0 Å². The van der Waals surface area contributed by atoms with E-state index in [4.69, 9.17) is 13.0 Å². The summed E-state index contributed by atoms with van der Waals surface area (Å²) in [6, 6.07) is 4.78. The number of carbonyl (C=O) groups excluding carboxylic acids is 1. The maximum atomic E-state index is 13.7. The zero-order valence-corrected chi connectivity index (χ0v) is 18.1. The predicted octanol–water partition coefficient (Wildman–Crippen LogP) is 2.88. The molecule has 1 aromatic carbocycles. The van der Waals surface area contributed by atoms with E-state index in [-0.39, 0.29) is 29.7 Å². The van der Waals surface area contributed by atoms with Gasteiger partial charge >= 0.3 is 5.97 Å². The monoisotopic (exact) mass is 469 g/mol. The molecular weight excluding hydrogens is 437 g/mol. The topological polar surface area (TPSA) is 110 Å². The van der Waals surface area contributed by atoms with E-state index in [0.717, 1.165) is 25.4 Å². The van der Waals surface area contributed by atoms with Crippen molar-refractivity contribution >= 4 is 28.0 Å². The number of hydrogen-bond acceptors (Lipinski definition) is 7. The van der Waals surface area contributed by atoms with Crippen LogP contribution in [0.25, 0.3) is 17.3 Å². The Bertz CT molecular complexity index is 1320. The molecule has 0 saturated carbocycles. The normalized spacial score (nSPS) is 23.0. The lowest BCUT2D eigenvalue weighted by molar-refractivity contribution is -0.156. The summed E-state index contributed by atoms with van der Waals surface area (Å²) in [5.41, 5.74) is -0.509. The van der Waals surface area contributed by atoms with Gasteiger partial charge in [0.1, 0.15) is 11.9 Å². The van der Waals surface area contributed by atoms with Crippen LogP contribution in [-0.4, -0.2) is 55.0 Å². The van der Waals surface area contributed by atoms with Crippen LogP contribution in [0.4, 0.5) is 10.3 Å². The first kappa shape index (κ1) is 16.7. The highest BCUT2D eigenvalue weighted by molar-refractivity contribution is 7.92. The molecule has 8 nitrogen and oxygen atoms in total. The van der Waals surface area contributed by atoms with Crippen LogP contribution in [0.15, 0.2) is 30.3 Å². The molecule has 2 unspecified atom stereocenters. The average molecular weight is 470 g/mol. The van der Waals surface area contributed by atoms with Crippen molar-refractivity contribution in [2.45, 2.75) is 44.7 Å². The number of esters is 1. The molecule has 1 N–H and O–H groups in total. The molecule has 0 spiro atoms. The van der Waals surface area contributed by atoms with Crippen LogP contribution in [0.5, 0.6) is 0 Å². The molecule has 0 bridgehead atoms. The number of aromatic nitrogens is 2. The van der Waals surface area contributed by atoms with Crippen LogP contribution in [0, 0.1) is 5.82 Å². The van der Waals surface area contributed by atoms with E-state index < -0.39 is 65.3 Å². The number of halogens is 1. The second-order valence-electron chi connectivity index (χ2n) is 7.32. The van der Waals surface area contributed by atoms with Crippen molar-refractivity contribution in [1.82, 2.24) is 9.97 Å². The van der Waals surface area contributed by atoms with Gasteiger partial charge in [0, 0.05) is 32.8 Å². The first-order valence-corrected chi connectivity index (χ1v) is 11.4. The lowest BCUT2D eigenvalue weighted by Crippen LogP contribution is -2.31. The number of cyclic esters (lactones) is 1. The van der Waals surface area contributed by atoms with E-state index in [9.17, 15) is 22.7 Å². The number of ether oxygens (including phenoxy) is 1. The number of aliphatic hydroxyl groups excluding tert-OH is 1. The smallest absolute Gasteiger partial charge is 0.309 e. The first-order valence-electron chi connectivity index (χ1n) is 12.6. The quantitative estimate of drug-likeness (QED) is 0.648. The third-order valence-corrected chi connectivity index (χ3v) is 5.96. The van der Waals surface area contributed by atoms with Gasteiger partial charge < -0.3 is 9.84 Å². The number of rotatable bonds is 6. The lowest BCUT2D eigenvalue weighted by Gasteiger charge is -2.24. The Balaban J connectivity index is 2.38. The summed E-state index contributed by atoms with van der Waals surface area (Å²) in [7, 11) is -2.85. The first-order chi connectivity index (χ1) is 17.4. The van der Waals surface area contributed by atoms with Gasteiger partial charge in [-0.15, -0.1) is 0 Å². The zero-order valence-electron chi connectivity index (χ0n) is 23.3. The van der Waals surface area contributed by atoms with Crippen LogP contribution in [-0.2, 0) is 19.6 Å². The Morgan fingerprint density at radius 1 is 1.31 bits per heavy atom. The molecule has 10 heteroatoms. The minimum atomic E-state index is -3.97. The van der Waals surface area contributed by atoms with E-state index in [1.54, 1.807) is 0 Å². The molecule has 1 aliphatic rings. The van der Waals surface area contributed by atoms with Crippen LogP contribution in [0.3, 0.4) is 0 Å². The lowest BCUT2D eigenvalue weighted by atomic mass is 9.97. The molecule has 3 rings (SSSR count). The van der Waals surface area contributed by atoms with Crippen molar-refractivity contribution < 1.29 is 35.7 Å². The summed E-state index contributed by atoms with van der Waals surface area (Å²) in [6.07, 6.45) is 1.35. The number of carbonyl (C=O) groups is 1. The molecule has 2 heterocycles. The van der Waals surface area contributed by atoms with Crippen LogP contribution in [0.2, 0.25) is 0 Å². The number of aliphatic hydroxyl groups is 1. The molecular formula is C22H26FN3O5S. The molecule has 1 aliphatic heterocycles. The van der Waals surface area contributed by atoms with Gasteiger partial charge in [0.05, 0.1) is 30.2 Å². The van der Waals surface area contributed by atoms with E-state index in [2.05, 4.69) is 9.97 Å². The van der Waals surface area contributed by atoms with Crippen molar-refractivity contribution in [3.8, 4) is 11.3 Å². The highest BCUT2D eigenvalue weighted by atomic mass is 32.2. The Hall–Kier alpha value is -2.85. The summed E-state index contributed by atoms with van der Waals surface area (Å²) >= 11 is 0. The van der Waals surface area contributed by atoms with Gasteiger partial charge in [0.2, 0.25) is 16.0 Å². The molecule has 1 saturated heterocycles. The van der Waals surface area contributed by atoms with Crippen molar-refractivity contribution in [1.29, 1.82) is 0 Å². The highest BCUT2D eigenvalue weighted by Crippen LogP contribution is 2.32. The SMILES string of the molecule is [2H]C([2H])([2H])C(c1nc(N(C)S(C)(=O)=O)nc(-c2ccc(F)cc2)c1C=CC1CC(O)CC(=O)O1)C([2H])([2H])[2H]. The molecule has 1 aromatic heterocycles. The zero-order chi connectivity index (χ0) is 28.6. The Morgan fingerprint density at radius 3 is 2.59 bits per heavy atom. The third-order valence-electron chi connectivity index (χ3n) is 4.80. The summed E-state index contributed by atoms with van der Waals surface area (Å²) in [5, 5.41) is 9.93. The molecule has 0 aliphatic carbocycles. The Kier molecular flexibility index (Phi) is 4.88. The van der Waals surface area contributed by atoms with Gasteiger partial charge in [-0.1, -0.05) is 19.8 Å². The van der Waals surface area contributed by atoms with Crippen molar-refractivity contribution in [3.05, 3.63) is 47.4 Å². The summed E-state index contributed by atoms with van der Waals surface area (Å²) in [5.74, 6) is -3.94. The molecule has 1 fully saturated rings. The van der Waals surface area contributed by atoms with E-state index in [1.165, 1.54) is 24.3 Å². The standard InChI is InChI=1S/C22H26FN3O5S/c1-13(2)20-18(10-9-17-11-16(27)12-19(28)31-17)21(14-5-7-15(23)8-6-14)25-22(24-20)26(3)32(4,29)30/h5-10,13,16-17,27H,11-12H2,1-4H3/i1D3,2D3. The van der Waals surface area contributed by atoms with Crippen LogP contribution in [0.1, 0.15) is 51.9 Å². The van der Waals surface area contributed by atoms with Gasteiger partial charge in [0.25, 0.3) is 0 Å². The average Bonchev–Trinajstić information content (AvgIpc) is 2.74. The fraction of sp³-hybridized carbons (Fsp3) is 0.409. The van der Waals surface area contributed by atoms with Crippen molar-refractivity contribution in [3.63, 3.8) is 0 Å². The van der Waals surface area contributed by atoms with Gasteiger partial charge in [-0.2, -0.15) is 0 Å². The number of anilines is 1. The van der Waals surface area contributed by atoms with E-state index >= 15 is 0 Å².